The molecule has 2 aliphatic carbocycles. The van der Waals surface area contributed by atoms with Gasteiger partial charge in [0.05, 0.1) is 12.1 Å². The summed E-state index contributed by atoms with van der Waals surface area (Å²) in [5, 5.41) is 13.3. The molecule has 5 rings (SSSR count). The van der Waals surface area contributed by atoms with Crippen molar-refractivity contribution < 1.29 is 9.80 Å². The zero-order valence-corrected chi connectivity index (χ0v) is 17.6. The van der Waals surface area contributed by atoms with E-state index in [1.54, 1.807) is 4.90 Å². The second kappa shape index (κ2) is 8.92. The summed E-state index contributed by atoms with van der Waals surface area (Å²) in [4.78, 5) is 3.50. The molecule has 1 aliphatic heterocycles. The van der Waals surface area contributed by atoms with E-state index in [2.05, 4.69) is 50.5 Å². The van der Waals surface area contributed by atoms with Crippen LogP contribution in [0.3, 0.4) is 0 Å². The zero-order chi connectivity index (χ0) is 19.5. The first-order valence-electron chi connectivity index (χ1n) is 11.9. The second-order valence-corrected chi connectivity index (χ2v) is 9.42. The number of nitrogens with zero attached hydrogens (tertiary/aromatic N) is 4. The SMILES string of the molecule is c1ccc([C@H](c2nnnn2C2CCCCC2)[NH+]2CC[NH+](C3CCCC3)CC2)cc1. The Morgan fingerprint density at radius 2 is 1.52 bits per heavy atom. The van der Waals surface area contributed by atoms with Gasteiger partial charge in [0.25, 0.3) is 0 Å². The van der Waals surface area contributed by atoms with Gasteiger partial charge in [-0.2, -0.15) is 0 Å². The van der Waals surface area contributed by atoms with Crippen LogP contribution in [0.15, 0.2) is 30.3 Å². The lowest BCUT2D eigenvalue weighted by Gasteiger charge is -2.37. The van der Waals surface area contributed by atoms with Gasteiger partial charge in [-0.25, -0.2) is 4.68 Å². The van der Waals surface area contributed by atoms with Crippen molar-refractivity contribution in [3.05, 3.63) is 41.7 Å². The summed E-state index contributed by atoms with van der Waals surface area (Å²) in [6.07, 6.45) is 12.1. The minimum absolute atomic E-state index is 0.248. The Morgan fingerprint density at radius 1 is 0.828 bits per heavy atom. The summed E-state index contributed by atoms with van der Waals surface area (Å²) >= 11 is 0. The van der Waals surface area contributed by atoms with E-state index in [0.29, 0.717) is 6.04 Å². The number of nitrogens with one attached hydrogen (secondary N) is 2. The average molecular weight is 397 g/mol. The predicted octanol–water partition coefficient (Wildman–Crippen LogP) is 0.994. The second-order valence-electron chi connectivity index (χ2n) is 9.42. The standard InChI is InChI=1S/C23H34N6/c1-3-9-19(10-4-1)22(23-24-25-26-29(23)21-13-5-2-6-14-21)28-17-15-27(16-18-28)20-11-7-8-12-20/h1,3-4,9-10,20-22H,2,5-8,11-18H2/p+2/t22-/m1/s1. The largest absolute Gasteiger partial charge is 0.323 e. The summed E-state index contributed by atoms with van der Waals surface area (Å²) < 4.78 is 2.19. The number of aromatic nitrogens is 4. The Morgan fingerprint density at radius 3 is 2.24 bits per heavy atom. The Hall–Kier alpha value is -1.79. The topological polar surface area (TPSA) is 52.5 Å². The maximum atomic E-state index is 4.61. The quantitative estimate of drug-likeness (QED) is 0.793. The zero-order valence-electron chi connectivity index (χ0n) is 17.6. The first-order chi connectivity index (χ1) is 14.4. The highest BCUT2D eigenvalue weighted by Gasteiger charge is 2.38. The maximum absolute atomic E-state index is 4.61. The van der Waals surface area contributed by atoms with Gasteiger partial charge in [0, 0.05) is 5.56 Å². The molecule has 6 nitrogen and oxygen atoms in total. The summed E-state index contributed by atoms with van der Waals surface area (Å²) in [6.45, 7) is 4.99. The van der Waals surface area contributed by atoms with Gasteiger partial charge in [-0.15, -0.1) is 5.10 Å². The van der Waals surface area contributed by atoms with Crippen molar-refractivity contribution in [2.24, 2.45) is 0 Å². The molecule has 0 bridgehead atoms. The van der Waals surface area contributed by atoms with E-state index >= 15 is 0 Å². The Labute approximate surface area is 174 Å². The van der Waals surface area contributed by atoms with Gasteiger partial charge >= 0.3 is 0 Å². The average Bonchev–Trinajstić information content (AvgIpc) is 3.49. The normalized spacial score (nSPS) is 27.9. The molecule has 156 valence electrons. The third-order valence-electron chi connectivity index (χ3n) is 7.71. The number of tetrazole rings is 1. The van der Waals surface area contributed by atoms with Crippen LogP contribution in [0.1, 0.15) is 81.3 Å². The van der Waals surface area contributed by atoms with Crippen LogP contribution in [-0.4, -0.2) is 52.4 Å². The van der Waals surface area contributed by atoms with Gasteiger partial charge in [0.1, 0.15) is 26.2 Å². The fourth-order valence-electron chi connectivity index (χ4n) is 6.11. The third-order valence-corrected chi connectivity index (χ3v) is 7.71. The van der Waals surface area contributed by atoms with Crippen LogP contribution >= 0.6 is 0 Å². The van der Waals surface area contributed by atoms with Crippen molar-refractivity contribution in [2.45, 2.75) is 75.9 Å². The first kappa shape index (κ1) is 19.2. The highest BCUT2D eigenvalue weighted by Crippen LogP contribution is 2.30. The fraction of sp³-hybridized carbons (Fsp3) is 0.696. The van der Waals surface area contributed by atoms with Crippen molar-refractivity contribution in [1.82, 2.24) is 20.2 Å². The minimum Gasteiger partial charge on any atom is -0.323 e. The van der Waals surface area contributed by atoms with Crippen LogP contribution in [-0.2, 0) is 0 Å². The monoisotopic (exact) mass is 396 g/mol. The highest BCUT2D eigenvalue weighted by atomic mass is 15.6. The summed E-state index contributed by atoms with van der Waals surface area (Å²) in [5.74, 6) is 1.09. The Kier molecular flexibility index (Phi) is 5.90. The van der Waals surface area contributed by atoms with Gasteiger partial charge in [0.2, 0.25) is 5.82 Å². The van der Waals surface area contributed by atoms with E-state index in [-0.39, 0.29) is 6.04 Å². The van der Waals surface area contributed by atoms with E-state index in [4.69, 9.17) is 0 Å². The molecule has 2 aromatic rings. The predicted molar refractivity (Wildman–Crippen MR) is 112 cm³/mol. The molecule has 2 N–H and O–H groups in total. The number of hydrogen-bond acceptors (Lipinski definition) is 3. The molecular weight excluding hydrogens is 360 g/mol. The molecule has 6 heteroatoms. The van der Waals surface area contributed by atoms with Crippen molar-refractivity contribution in [3.8, 4) is 0 Å². The van der Waals surface area contributed by atoms with E-state index in [9.17, 15) is 0 Å². The van der Waals surface area contributed by atoms with Crippen molar-refractivity contribution in [2.75, 3.05) is 26.2 Å². The van der Waals surface area contributed by atoms with Gasteiger partial charge in [0.15, 0.2) is 6.04 Å². The van der Waals surface area contributed by atoms with E-state index in [0.717, 1.165) is 11.9 Å². The highest BCUT2D eigenvalue weighted by molar-refractivity contribution is 5.22. The number of piperazine rings is 1. The molecule has 2 heterocycles. The summed E-state index contributed by atoms with van der Waals surface area (Å²) in [5.41, 5.74) is 1.36. The third kappa shape index (κ3) is 4.10. The molecular formula is C23H36N6+2. The molecule has 2 saturated carbocycles. The minimum atomic E-state index is 0.248. The van der Waals surface area contributed by atoms with Gasteiger partial charge < -0.3 is 9.80 Å². The van der Waals surface area contributed by atoms with Crippen LogP contribution in [0.4, 0.5) is 0 Å². The van der Waals surface area contributed by atoms with E-state index in [1.807, 2.05) is 4.90 Å². The fourth-order valence-corrected chi connectivity index (χ4v) is 6.11. The molecule has 0 unspecified atom stereocenters. The lowest BCUT2D eigenvalue weighted by molar-refractivity contribution is -1.03. The van der Waals surface area contributed by atoms with Crippen LogP contribution in [0.25, 0.3) is 0 Å². The molecule has 0 spiro atoms. The number of quaternary nitrogens is 2. The van der Waals surface area contributed by atoms with E-state index < -0.39 is 0 Å². The molecule has 3 aliphatic rings. The molecule has 0 radical (unpaired) electrons. The Bertz CT molecular complexity index is 755. The molecule has 0 amide bonds. The smallest absolute Gasteiger partial charge is 0.214 e. The van der Waals surface area contributed by atoms with Crippen molar-refractivity contribution in [1.29, 1.82) is 0 Å². The molecule has 3 fully saturated rings. The van der Waals surface area contributed by atoms with Crippen LogP contribution in [0, 0.1) is 0 Å². The van der Waals surface area contributed by atoms with Crippen LogP contribution in [0.5, 0.6) is 0 Å². The van der Waals surface area contributed by atoms with Crippen LogP contribution < -0.4 is 9.80 Å². The number of benzene rings is 1. The molecule has 1 saturated heterocycles. The maximum Gasteiger partial charge on any atom is 0.214 e. The van der Waals surface area contributed by atoms with Crippen molar-refractivity contribution in [3.63, 3.8) is 0 Å². The lowest BCUT2D eigenvalue weighted by atomic mass is 9.95. The summed E-state index contributed by atoms with van der Waals surface area (Å²) in [7, 11) is 0. The Balaban J connectivity index is 1.39. The van der Waals surface area contributed by atoms with Gasteiger partial charge in [-0.1, -0.05) is 49.6 Å². The summed E-state index contributed by atoms with van der Waals surface area (Å²) in [6, 6.07) is 12.6. The molecule has 1 atom stereocenters. The molecule has 1 aromatic heterocycles. The first-order valence-corrected chi connectivity index (χ1v) is 11.9. The van der Waals surface area contributed by atoms with Crippen molar-refractivity contribution >= 4 is 0 Å². The van der Waals surface area contributed by atoms with Gasteiger partial charge in [-0.3, -0.25) is 0 Å². The number of hydrogen-bond donors (Lipinski definition) is 2. The number of rotatable bonds is 5. The lowest BCUT2D eigenvalue weighted by Crippen LogP contribution is -3.29. The molecule has 1 aromatic carbocycles. The van der Waals surface area contributed by atoms with Gasteiger partial charge in [-0.05, 0) is 49.0 Å². The van der Waals surface area contributed by atoms with E-state index in [1.165, 1.54) is 89.5 Å². The molecule has 29 heavy (non-hydrogen) atoms. The van der Waals surface area contributed by atoms with Crippen LogP contribution in [0.2, 0.25) is 0 Å².